The summed E-state index contributed by atoms with van der Waals surface area (Å²) in [5.41, 5.74) is 0.691. The summed E-state index contributed by atoms with van der Waals surface area (Å²) >= 11 is 0. The van der Waals surface area contributed by atoms with Crippen LogP contribution in [0, 0.1) is 0 Å². The van der Waals surface area contributed by atoms with Crippen LogP contribution < -0.4 is 5.32 Å². The van der Waals surface area contributed by atoms with E-state index in [1.165, 1.54) is 4.90 Å². The first-order chi connectivity index (χ1) is 21.4. The van der Waals surface area contributed by atoms with Crippen LogP contribution in [0.2, 0.25) is 0 Å². The van der Waals surface area contributed by atoms with Crippen molar-refractivity contribution in [2.24, 2.45) is 0 Å². The number of nitrogens with one attached hydrogen (secondary N) is 1. The molecule has 1 heterocycles. The molecule has 46 heavy (non-hydrogen) atoms. The molecule has 1 aromatic rings. The molecule has 22 heteroatoms. The van der Waals surface area contributed by atoms with Gasteiger partial charge in [-0.2, -0.15) is 25.3 Å². The second kappa shape index (κ2) is 16.7. The molecule has 1 saturated heterocycles. The van der Waals surface area contributed by atoms with E-state index in [0.29, 0.717) is 5.56 Å². The zero-order valence-corrected chi connectivity index (χ0v) is 26.9. The van der Waals surface area contributed by atoms with E-state index in [0.717, 1.165) is 39.2 Å². The topological polar surface area (TPSA) is 268 Å². The van der Waals surface area contributed by atoms with Gasteiger partial charge in [-0.3, -0.25) is 23.2 Å². The fourth-order valence-electron chi connectivity index (χ4n) is 5.04. The Morgan fingerprint density at radius 1 is 0.870 bits per heavy atom. The van der Waals surface area contributed by atoms with Gasteiger partial charge < -0.3 is 24.4 Å². The Morgan fingerprint density at radius 3 is 2.00 bits per heavy atom. The van der Waals surface area contributed by atoms with E-state index in [4.69, 9.17) is 18.8 Å². The molecule has 4 N–H and O–H groups in total. The van der Waals surface area contributed by atoms with E-state index in [-0.39, 0.29) is 19.1 Å². The molecular formula is C24H36N2O17S3. The number of hydrogen-bond acceptors (Lipinski definition) is 14. The van der Waals surface area contributed by atoms with E-state index in [9.17, 15) is 43.9 Å². The molecule has 0 bridgehead atoms. The van der Waals surface area contributed by atoms with Crippen molar-refractivity contribution in [1.82, 2.24) is 10.2 Å². The highest BCUT2D eigenvalue weighted by atomic mass is 32.3. The van der Waals surface area contributed by atoms with Crippen molar-refractivity contribution in [2.45, 2.75) is 75.4 Å². The first-order valence-corrected chi connectivity index (χ1v) is 17.9. The number of rotatable bonds is 16. The van der Waals surface area contributed by atoms with Gasteiger partial charge in [0, 0.05) is 19.7 Å². The van der Waals surface area contributed by atoms with E-state index >= 15 is 0 Å². The standard InChI is InChI=1S/C24H36N2O17S3/c1-38-24-23(43-46(35,36)37)22(42-45(32,33)34)21(41-44(29,30)31)18(40-24)14-39-15-20(28)26(12-16-8-4-2-5-9-16)13-19(27)25-17-10-6-3-7-11-17/h2,4-5,8-9,17-18,21-24H,3,6-7,10-15H2,1H3,(H,25,27)(H,29,30,31)(H,32,33,34)(H,35,36,37)/t18-,21+,22-,23+,24-/m0/s1. The van der Waals surface area contributed by atoms with Crippen molar-refractivity contribution in [3.05, 3.63) is 35.9 Å². The largest absolute Gasteiger partial charge is 0.397 e. The molecule has 1 aliphatic heterocycles. The molecule has 2 amide bonds. The van der Waals surface area contributed by atoms with Gasteiger partial charge in [0.15, 0.2) is 12.4 Å². The van der Waals surface area contributed by atoms with Crippen LogP contribution in [0.5, 0.6) is 0 Å². The molecule has 2 fully saturated rings. The predicted molar refractivity (Wildman–Crippen MR) is 153 cm³/mol. The van der Waals surface area contributed by atoms with Crippen LogP contribution in [-0.2, 0) is 74.1 Å². The Hall–Kier alpha value is -2.35. The van der Waals surface area contributed by atoms with Crippen molar-refractivity contribution >= 4 is 43.0 Å². The highest BCUT2D eigenvalue weighted by Crippen LogP contribution is 2.31. The Balaban J connectivity index is 1.78. The van der Waals surface area contributed by atoms with Gasteiger partial charge in [0.1, 0.15) is 24.9 Å². The molecule has 0 unspecified atom stereocenters. The molecule has 1 aromatic carbocycles. The number of carbonyl (C=O) groups excluding carboxylic acids is 2. The average molecular weight is 721 g/mol. The van der Waals surface area contributed by atoms with Gasteiger partial charge in [0.25, 0.3) is 0 Å². The van der Waals surface area contributed by atoms with E-state index in [1.807, 2.05) is 0 Å². The third-order valence-corrected chi connectivity index (χ3v) is 8.30. The molecule has 1 aliphatic carbocycles. The molecule has 0 radical (unpaired) electrons. The maximum atomic E-state index is 13.2. The minimum atomic E-state index is -5.52. The quantitative estimate of drug-likeness (QED) is 0.156. The summed E-state index contributed by atoms with van der Waals surface area (Å²) in [6.07, 6.45) is -6.26. The maximum Gasteiger partial charge on any atom is 0.397 e. The Kier molecular flexibility index (Phi) is 13.8. The lowest BCUT2D eigenvalue weighted by atomic mass is 9.95. The van der Waals surface area contributed by atoms with Crippen molar-refractivity contribution in [3.8, 4) is 0 Å². The number of amides is 2. The van der Waals surface area contributed by atoms with E-state index in [2.05, 4.69) is 17.9 Å². The minimum absolute atomic E-state index is 0.0141. The lowest BCUT2D eigenvalue weighted by molar-refractivity contribution is -0.282. The fraction of sp³-hybridized carbons (Fsp3) is 0.667. The SMILES string of the molecule is CO[C@H]1O[C@@H](COCC(=O)N(CC(=O)NC2CCCCC2)Cc2ccccc2)[C@@H](OS(=O)(=O)O)[C@H](OS(=O)(=O)O)[C@H]1OS(=O)(=O)O. The van der Waals surface area contributed by atoms with Crippen molar-refractivity contribution in [1.29, 1.82) is 0 Å². The molecule has 5 atom stereocenters. The maximum absolute atomic E-state index is 13.2. The van der Waals surface area contributed by atoms with Gasteiger partial charge in [-0.05, 0) is 18.4 Å². The van der Waals surface area contributed by atoms with Gasteiger partial charge in [-0.1, -0.05) is 49.6 Å². The molecule has 1 saturated carbocycles. The summed E-state index contributed by atoms with van der Waals surface area (Å²) in [7, 11) is -15.5. The second-order valence-corrected chi connectivity index (χ2v) is 13.5. The zero-order valence-electron chi connectivity index (χ0n) is 24.4. The van der Waals surface area contributed by atoms with Crippen LogP contribution in [0.25, 0.3) is 0 Å². The lowest BCUT2D eigenvalue weighted by Crippen LogP contribution is -2.62. The number of methoxy groups -OCH3 is 1. The molecule has 0 spiro atoms. The number of nitrogens with zero attached hydrogens (tertiary/aromatic N) is 1. The molecule has 2 aliphatic rings. The number of ether oxygens (including phenoxy) is 3. The van der Waals surface area contributed by atoms with Crippen LogP contribution in [-0.4, -0.2) is 119 Å². The summed E-state index contributed by atoms with van der Waals surface area (Å²) < 4.78 is 126. The molecule has 19 nitrogen and oxygen atoms in total. The third-order valence-electron chi connectivity index (χ3n) is 6.90. The van der Waals surface area contributed by atoms with Gasteiger partial charge in [-0.25, -0.2) is 12.5 Å². The summed E-state index contributed by atoms with van der Waals surface area (Å²) in [4.78, 5) is 27.3. The first kappa shape index (κ1) is 38.1. The highest BCUT2D eigenvalue weighted by molar-refractivity contribution is 7.81. The predicted octanol–water partition coefficient (Wildman–Crippen LogP) is -0.584. The number of benzene rings is 1. The second-order valence-electron chi connectivity index (χ2n) is 10.4. The minimum Gasteiger partial charge on any atom is -0.369 e. The molecule has 3 rings (SSSR count). The first-order valence-electron chi connectivity index (χ1n) is 13.8. The Labute approximate surface area is 266 Å². The molecular weight excluding hydrogens is 684 g/mol. The van der Waals surface area contributed by atoms with Crippen LogP contribution >= 0.6 is 0 Å². The van der Waals surface area contributed by atoms with Gasteiger partial charge in [0.05, 0.1) is 13.2 Å². The van der Waals surface area contributed by atoms with Gasteiger partial charge in [-0.15, -0.1) is 0 Å². The highest BCUT2D eigenvalue weighted by Gasteiger charge is 2.53. The van der Waals surface area contributed by atoms with E-state index < -0.39 is 86.9 Å². The van der Waals surface area contributed by atoms with Crippen LogP contribution in [0.1, 0.15) is 37.7 Å². The van der Waals surface area contributed by atoms with Gasteiger partial charge >= 0.3 is 31.2 Å². The smallest absolute Gasteiger partial charge is 0.369 e. The number of hydrogen-bond donors (Lipinski definition) is 4. The summed E-state index contributed by atoms with van der Waals surface area (Å²) in [6.45, 7) is -1.87. The Bertz CT molecular complexity index is 1480. The summed E-state index contributed by atoms with van der Waals surface area (Å²) in [5.74, 6) is -1.10. The van der Waals surface area contributed by atoms with Crippen molar-refractivity contribution in [2.75, 3.05) is 26.9 Å². The van der Waals surface area contributed by atoms with Crippen molar-refractivity contribution < 1.29 is 75.3 Å². The lowest BCUT2D eigenvalue weighted by Gasteiger charge is -2.42. The Morgan fingerprint density at radius 2 is 1.43 bits per heavy atom. The van der Waals surface area contributed by atoms with Gasteiger partial charge in [0.2, 0.25) is 11.8 Å². The van der Waals surface area contributed by atoms with E-state index in [1.54, 1.807) is 30.3 Å². The molecule has 262 valence electrons. The number of carbonyl (C=O) groups is 2. The van der Waals surface area contributed by atoms with Crippen molar-refractivity contribution in [3.63, 3.8) is 0 Å². The van der Waals surface area contributed by atoms with Crippen LogP contribution in [0.3, 0.4) is 0 Å². The summed E-state index contributed by atoms with van der Waals surface area (Å²) in [6, 6.07) is 8.69. The summed E-state index contributed by atoms with van der Waals surface area (Å²) in [5, 5.41) is 2.92. The molecule has 0 aromatic heterocycles. The normalized spacial score (nSPS) is 24.7. The fourth-order valence-corrected chi connectivity index (χ4v) is 6.53. The van der Waals surface area contributed by atoms with Crippen LogP contribution in [0.4, 0.5) is 0 Å². The third kappa shape index (κ3) is 13.0. The van der Waals surface area contributed by atoms with Crippen LogP contribution in [0.15, 0.2) is 30.3 Å². The monoisotopic (exact) mass is 720 g/mol. The average Bonchev–Trinajstić information content (AvgIpc) is 2.94. The zero-order chi connectivity index (χ0) is 34.1.